The van der Waals surface area contributed by atoms with E-state index < -0.39 is 7.12 Å². The minimum absolute atomic E-state index is 0.0501. The fourth-order valence-corrected chi connectivity index (χ4v) is 3.76. The van der Waals surface area contributed by atoms with Crippen molar-refractivity contribution in [2.24, 2.45) is 5.92 Å². The van der Waals surface area contributed by atoms with Gasteiger partial charge in [-0.15, -0.1) is 0 Å². The highest BCUT2D eigenvalue weighted by atomic mass is 16.7. The fraction of sp³-hybridized carbons (Fsp3) is 0.650. The van der Waals surface area contributed by atoms with Crippen LogP contribution in [0, 0.1) is 5.92 Å². The van der Waals surface area contributed by atoms with E-state index in [9.17, 15) is 4.79 Å². The van der Waals surface area contributed by atoms with Crippen LogP contribution in [0.15, 0.2) is 30.3 Å². The highest BCUT2D eigenvalue weighted by Gasteiger charge is 2.55. The summed E-state index contributed by atoms with van der Waals surface area (Å²) in [5.41, 5.74) is -0.0933. The summed E-state index contributed by atoms with van der Waals surface area (Å²) in [6.07, 6.45) is 5.93. The highest BCUT2D eigenvalue weighted by molar-refractivity contribution is 6.48. The van der Waals surface area contributed by atoms with Gasteiger partial charge in [0.25, 0.3) is 5.91 Å². The summed E-state index contributed by atoms with van der Waals surface area (Å²) < 4.78 is 12.6. The van der Waals surface area contributed by atoms with Crippen molar-refractivity contribution in [3.05, 3.63) is 35.9 Å². The molecule has 1 atom stereocenters. The Kier molecular flexibility index (Phi) is 5.26. The molecule has 1 aliphatic heterocycles. The van der Waals surface area contributed by atoms with Gasteiger partial charge in [0, 0.05) is 5.56 Å². The average Bonchev–Trinajstić information content (AvgIpc) is 2.81. The zero-order valence-electron chi connectivity index (χ0n) is 15.9. The predicted octanol–water partition coefficient (Wildman–Crippen LogP) is 4.00. The maximum Gasteiger partial charge on any atom is 0.482 e. The van der Waals surface area contributed by atoms with Crippen LogP contribution in [0.25, 0.3) is 0 Å². The topological polar surface area (TPSA) is 47.6 Å². The molecule has 1 heterocycles. The van der Waals surface area contributed by atoms with Crippen LogP contribution in [-0.4, -0.2) is 30.2 Å². The molecule has 5 heteroatoms. The van der Waals surface area contributed by atoms with Crippen LogP contribution >= 0.6 is 0 Å². The molecule has 3 rings (SSSR count). The molecule has 25 heavy (non-hydrogen) atoms. The van der Waals surface area contributed by atoms with Gasteiger partial charge in [0.15, 0.2) is 0 Å². The van der Waals surface area contributed by atoms with Gasteiger partial charge in [-0.3, -0.25) is 4.79 Å². The van der Waals surface area contributed by atoms with Gasteiger partial charge in [0.1, 0.15) is 0 Å². The van der Waals surface area contributed by atoms with E-state index in [0.29, 0.717) is 11.5 Å². The number of hydrogen-bond donors (Lipinski definition) is 1. The van der Waals surface area contributed by atoms with E-state index in [1.807, 2.05) is 30.3 Å². The lowest BCUT2D eigenvalue weighted by Gasteiger charge is -2.32. The quantitative estimate of drug-likeness (QED) is 0.841. The molecular weight excluding hydrogens is 313 g/mol. The first-order valence-electron chi connectivity index (χ1n) is 9.52. The average molecular weight is 343 g/mol. The van der Waals surface area contributed by atoms with Crippen molar-refractivity contribution < 1.29 is 14.1 Å². The molecule has 1 aromatic carbocycles. The summed E-state index contributed by atoms with van der Waals surface area (Å²) in [6.45, 7) is 8.24. The zero-order valence-corrected chi connectivity index (χ0v) is 15.9. The van der Waals surface area contributed by atoms with Gasteiger partial charge < -0.3 is 14.6 Å². The summed E-state index contributed by atoms with van der Waals surface area (Å²) in [5, 5.41) is 3.23. The first-order chi connectivity index (χ1) is 11.8. The zero-order chi connectivity index (χ0) is 18.1. The second-order valence-electron chi connectivity index (χ2n) is 8.39. The van der Waals surface area contributed by atoms with Crippen LogP contribution in [0.2, 0.25) is 0 Å². The van der Waals surface area contributed by atoms with E-state index in [-0.39, 0.29) is 23.1 Å². The second-order valence-corrected chi connectivity index (χ2v) is 8.39. The van der Waals surface area contributed by atoms with Crippen molar-refractivity contribution in [1.29, 1.82) is 0 Å². The fourth-order valence-electron chi connectivity index (χ4n) is 3.76. The number of benzene rings is 1. The molecule has 0 bridgehead atoms. The minimum atomic E-state index is -0.402. The van der Waals surface area contributed by atoms with Crippen LogP contribution < -0.4 is 5.32 Å². The first kappa shape index (κ1) is 18.5. The van der Waals surface area contributed by atoms with Crippen LogP contribution in [0.3, 0.4) is 0 Å². The van der Waals surface area contributed by atoms with Gasteiger partial charge in [-0.05, 0) is 58.6 Å². The van der Waals surface area contributed by atoms with Crippen molar-refractivity contribution >= 4 is 13.0 Å². The van der Waals surface area contributed by atoms with Crippen molar-refractivity contribution in [1.82, 2.24) is 5.32 Å². The van der Waals surface area contributed by atoms with Gasteiger partial charge >= 0.3 is 7.12 Å². The number of carbonyl (C=O) groups excluding carboxylic acids is 1. The number of amides is 1. The normalized spacial score (nSPS) is 24.1. The third kappa shape index (κ3) is 3.93. The SMILES string of the molecule is CC1(C)OB([C@@H](NC(=O)c2ccccc2)C2CCCCC2)OC1(C)C. The summed E-state index contributed by atoms with van der Waals surface area (Å²) in [6, 6.07) is 9.39. The molecule has 0 spiro atoms. The standard InChI is InChI=1S/C20H30BNO3/c1-19(2)20(3,4)25-21(24-19)17(15-11-7-5-8-12-15)22-18(23)16-13-9-6-10-14-16/h6,9-10,13-15,17H,5,7-8,11-12H2,1-4H3,(H,22,23)/t17-/m0/s1. The highest BCUT2D eigenvalue weighted by Crippen LogP contribution is 2.40. The Balaban J connectivity index is 1.80. The lowest BCUT2D eigenvalue weighted by Crippen LogP contribution is -2.52. The Morgan fingerprint density at radius 3 is 2.16 bits per heavy atom. The molecule has 1 N–H and O–H groups in total. The molecule has 1 aromatic rings. The molecular formula is C20H30BNO3. The summed E-state index contributed by atoms with van der Waals surface area (Å²) in [5.74, 6) is 0.232. The van der Waals surface area contributed by atoms with Crippen molar-refractivity contribution in [2.45, 2.75) is 76.9 Å². The third-order valence-electron chi connectivity index (χ3n) is 6.06. The number of nitrogens with one attached hydrogen (secondary N) is 1. The number of rotatable bonds is 4. The molecule has 2 aliphatic rings. The van der Waals surface area contributed by atoms with Gasteiger partial charge in [-0.1, -0.05) is 37.5 Å². The van der Waals surface area contributed by atoms with Gasteiger partial charge in [-0.25, -0.2) is 0 Å². The second kappa shape index (κ2) is 7.12. The van der Waals surface area contributed by atoms with E-state index in [4.69, 9.17) is 9.31 Å². The van der Waals surface area contributed by atoms with Crippen molar-refractivity contribution in [3.8, 4) is 0 Å². The number of carbonyl (C=O) groups is 1. The lowest BCUT2D eigenvalue weighted by molar-refractivity contribution is 0.00578. The molecule has 1 saturated heterocycles. The van der Waals surface area contributed by atoms with Crippen LogP contribution in [-0.2, 0) is 9.31 Å². The summed E-state index contributed by atoms with van der Waals surface area (Å²) in [4.78, 5) is 12.8. The van der Waals surface area contributed by atoms with Gasteiger partial charge in [0.05, 0.1) is 17.1 Å². The largest absolute Gasteiger partial charge is 0.482 e. The Morgan fingerprint density at radius 2 is 1.60 bits per heavy atom. The van der Waals surface area contributed by atoms with Crippen LogP contribution in [0.4, 0.5) is 0 Å². The molecule has 136 valence electrons. The first-order valence-corrected chi connectivity index (χ1v) is 9.52. The van der Waals surface area contributed by atoms with Crippen LogP contribution in [0.5, 0.6) is 0 Å². The summed E-state index contributed by atoms with van der Waals surface area (Å²) >= 11 is 0. The molecule has 0 unspecified atom stereocenters. The van der Waals surface area contributed by atoms with Crippen LogP contribution in [0.1, 0.15) is 70.2 Å². The van der Waals surface area contributed by atoms with E-state index >= 15 is 0 Å². The third-order valence-corrected chi connectivity index (χ3v) is 6.06. The number of hydrogen-bond acceptors (Lipinski definition) is 3. The Morgan fingerprint density at radius 1 is 1.04 bits per heavy atom. The molecule has 0 radical (unpaired) electrons. The van der Waals surface area contributed by atoms with E-state index in [1.54, 1.807) is 0 Å². The lowest BCUT2D eigenvalue weighted by atomic mass is 9.66. The monoisotopic (exact) mass is 343 g/mol. The molecule has 1 aliphatic carbocycles. The van der Waals surface area contributed by atoms with Gasteiger partial charge in [-0.2, -0.15) is 0 Å². The predicted molar refractivity (Wildman–Crippen MR) is 100 cm³/mol. The Hall–Kier alpha value is -1.33. The van der Waals surface area contributed by atoms with Crippen molar-refractivity contribution in [3.63, 3.8) is 0 Å². The molecule has 1 amide bonds. The van der Waals surface area contributed by atoms with Gasteiger partial charge in [0.2, 0.25) is 0 Å². The summed E-state index contributed by atoms with van der Waals surface area (Å²) in [7, 11) is -0.402. The smallest absolute Gasteiger partial charge is 0.402 e. The molecule has 4 nitrogen and oxygen atoms in total. The van der Waals surface area contributed by atoms with E-state index in [1.165, 1.54) is 19.3 Å². The molecule has 0 aromatic heterocycles. The maximum absolute atomic E-state index is 12.8. The minimum Gasteiger partial charge on any atom is -0.402 e. The Bertz CT molecular complexity index is 580. The maximum atomic E-state index is 12.8. The van der Waals surface area contributed by atoms with Crippen molar-refractivity contribution in [2.75, 3.05) is 0 Å². The molecule has 1 saturated carbocycles. The van der Waals surface area contributed by atoms with E-state index in [0.717, 1.165) is 12.8 Å². The molecule has 2 fully saturated rings. The Labute approximate surface area is 151 Å². The van der Waals surface area contributed by atoms with E-state index in [2.05, 4.69) is 33.0 Å².